The van der Waals surface area contributed by atoms with Gasteiger partial charge in [-0.05, 0) is 87.3 Å². The maximum absolute atomic E-state index is 13.0. The Kier molecular flexibility index (Phi) is 14.6. The number of nitrogens with zero attached hydrogens (tertiary/aromatic N) is 13. The summed E-state index contributed by atoms with van der Waals surface area (Å²) in [7, 11) is 0. The van der Waals surface area contributed by atoms with Crippen LogP contribution in [0.15, 0.2) is 90.0 Å². The van der Waals surface area contributed by atoms with Crippen LogP contribution >= 0.6 is 0 Å². The van der Waals surface area contributed by atoms with Gasteiger partial charge >= 0.3 is 5.69 Å². The fourth-order valence-corrected chi connectivity index (χ4v) is 11.2. The summed E-state index contributed by atoms with van der Waals surface area (Å²) >= 11 is 0. The zero-order valence-corrected chi connectivity index (χ0v) is 40.5. The molecule has 3 aliphatic carbocycles. The van der Waals surface area contributed by atoms with Gasteiger partial charge in [0.1, 0.15) is 29.6 Å². The first kappa shape index (κ1) is 50.0. The molecule has 24 heteroatoms. The van der Waals surface area contributed by atoms with Gasteiger partial charge in [-0.3, -0.25) is 14.2 Å². The average Bonchev–Trinajstić information content (AvgIpc) is 4.25. The molecule has 9 unspecified atom stereocenters. The number of aromatic amines is 5. The van der Waals surface area contributed by atoms with Crippen molar-refractivity contribution < 1.29 is 20.4 Å². The molecule has 384 valence electrons. The van der Waals surface area contributed by atoms with E-state index in [0.29, 0.717) is 66.8 Å². The maximum atomic E-state index is 13.0. The van der Waals surface area contributed by atoms with Crippen LogP contribution in [-0.2, 0) is 0 Å². The number of rotatable bonds is 12. The summed E-state index contributed by atoms with van der Waals surface area (Å²) in [6.45, 7) is 0. The van der Waals surface area contributed by atoms with Gasteiger partial charge < -0.3 is 45.5 Å². The molecule has 9 heterocycles. The zero-order valence-electron chi connectivity index (χ0n) is 40.5. The molecule has 0 bridgehead atoms. The van der Waals surface area contributed by atoms with E-state index in [4.69, 9.17) is 0 Å². The van der Waals surface area contributed by atoms with Crippen LogP contribution < -0.4 is 11.2 Å². The minimum absolute atomic E-state index is 0.00933. The number of aliphatic hydroxyl groups excluding tert-OH is 4. The molecule has 3 fully saturated rings. The molecule has 0 radical (unpaired) electrons. The van der Waals surface area contributed by atoms with Gasteiger partial charge in [-0.2, -0.15) is 31.0 Å². The van der Waals surface area contributed by atoms with Crippen molar-refractivity contribution in [3.8, 4) is 52.0 Å². The molecule has 0 spiro atoms. The monoisotopic (exact) mass is 1010 g/mol. The maximum Gasteiger partial charge on any atom is 0.347 e. The van der Waals surface area contributed by atoms with E-state index in [1.165, 1.54) is 17.3 Å². The van der Waals surface area contributed by atoms with E-state index in [1.54, 1.807) is 40.3 Å². The fourth-order valence-electron chi connectivity index (χ4n) is 11.2. The van der Waals surface area contributed by atoms with Crippen molar-refractivity contribution in [2.75, 3.05) is 0 Å². The molecule has 0 aromatic carbocycles. The molecule has 75 heavy (non-hydrogen) atoms. The topological polar surface area (TPSA) is 370 Å². The van der Waals surface area contributed by atoms with Crippen LogP contribution in [-0.4, -0.2) is 119 Å². The molecule has 3 saturated carbocycles. The highest BCUT2D eigenvalue weighted by molar-refractivity contribution is 5.91. The van der Waals surface area contributed by atoms with E-state index in [1.807, 2.05) is 36.8 Å². The third-order valence-corrected chi connectivity index (χ3v) is 14.9. The Morgan fingerprint density at radius 3 is 1.73 bits per heavy atom. The van der Waals surface area contributed by atoms with Gasteiger partial charge in [0.15, 0.2) is 0 Å². The third-order valence-electron chi connectivity index (χ3n) is 14.9. The molecule has 0 aliphatic heterocycles. The second kappa shape index (κ2) is 21.9. The predicted octanol–water partition coefficient (Wildman–Crippen LogP) is 4.87. The van der Waals surface area contributed by atoms with Crippen molar-refractivity contribution >= 4 is 33.1 Å². The van der Waals surface area contributed by atoms with Crippen LogP contribution in [0, 0.1) is 51.7 Å². The van der Waals surface area contributed by atoms with E-state index in [9.17, 15) is 45.8 Å². The van der Waals surface area contributed by atoms with Gasteiger partial charge in [0, 0.05) is 64.5 Å². The summed E-state index contributed by atoms with van der Waals surface area (Å²) in [5.74, 6) is 0.345. The zero-order chi connectivity index (χ0) is 52.2. The molecule has 9 atom stereocenters. The van der Waals surface area contributed by atoms with Gasteiger partial charge in [0.25, 0.3) is 5.56 Å². The number of hydrogen-bond acceptors (Lipinski definition) is 16. The summed E-state index contributed by atoms with van der Waals surface area (Å²) < 4.78 is 5.06. The van der Waals surface area contributed by atoms with E-state index >= 15 is 0 Å². The summed E-state index contributed by atoms with van der Waals surface area (Å²) in [6.07, 6.45) is 21.1. The van der Waals surface area contributed by atoms with Gasteiger partial charge in [-0.15, -0.1) is 0 Å². The van der Waals surface area contributed by atoms with E-state index < -0.39 is 17.9 Å². The summed E-state index contributed by atoms with van der Waals surface area (Å²) in [5, 5.41) is 81.2. The Balaban J connectivity index is 0.000000128. The minimum Gasteiger partial charge on any atom is -0.393 e. The van der Waals surface area contributed by atoms with Crippen LogP contribution in [0.3, 0.4) is 0 Å². The van der Waals surface area contributed by atoms with Gasteiger partial charge in [0.05, 0.1) is 115 Å². The first-order valence-corrected chi connectivity index (χ1v) is 24.9. The van der Waals surface area contributed by atoms with Gasteiger partial charge in [-0.25, -0.2) is 29.4 Å². The Bertz CT molecular complexity index is 3660. The smallest absolute Gasteiger partial charge is 0.347 e. The molecule has 0 amide bonds. The minimum atomic E-state index is -0.734. The SMILES string of the molecule is N#CCC(C1CC(O)C(O)C1)n1cc(-c2ncnc3[nH]ccc23)cn1.N#CCC(C1CCC(O)C1)n1[nH]cc(-c2ncnc3[nH]ccc23)c1=O.N#CCC(C1CCC(O)C1)n1cc(-c2[nH]c(=O)nc3[nH]ccc23)cn1. The molecular weight excluding hydrogens is 961 g/mol. The summed E-state index contributed by atoms with van der Waals surface area (Å²) in [6, 6.07) is 11.7. The van der Waals surface area contributed by atoms with Gasteiger partial charge in [0.2, 0.25) is 0 Å². The van der Waals surface area contributed by atoms with Crippen molar-refractivity contribution in [1.29, 1.82) is 15.8 Å². The highest BCUT2D eigenvalue weighted by Crippen LogP contribution is 2.39. The molecule has 9 N–H and O–H groups in total. The number of H-pyrrole nitrogens is 5. The lowest BCUT2D eigenvalue weighted by atomic mass is 9.95. The fraction of sp³-hybridized carbons (Fsp3) is 0.412. The molecule has 0 saturated heterocycles. The largest absolute Gasteiger partial charge is 0.393 e. The van der Waals surface area contributed by atoms with Crippen LogP contribution in [0.4, 0.5) is 0 Å². The molecule has 12 rings (SSSR count). The molecule has 9 aromatic heterocycles. The van der Waals surface area contributed by atoms with Crippen LogP contribution in [0.25, 0.3) is 66.9 Å². The predicted molar refractivity (Wildman–Crippen MR) is 270 cm³/mol. The van der Waals surface area contributed by atoms with Crippen LogP contribution in [0.1, 0.15) is 88.8 Å². The summed E-state index contributed by atoms with van der Waals surface area (Å²) in [4.78, 5) is 57.4. The number of aliphatic hydroxyl groups is 4. The van der Waals surface area contributed by atoms with E-state index in [2.05, 4.69) is 78.4 Å². The molecule has 24 nitrogen and oxygen atoms in total. The van der Waals surface area contributed by atoms with E-state index in [0.717, 1.165) is 57.9 Å². The highest BCUT2D eigenvalue weighted by Gasteiger charge is 2.38. The first-order chi connectivity index (χ1) is 36.5. The standard InChI is InChI=1S/3C17H18N6O2/c18-3-1-13(10-5-14(24)15(25)6-10)23-8-11(7-22-23)16-12-2-4-19-17(12)21-9-20-16;18-5-3-14(10-1-2-12(24)7-10)23-9-11(8-20-23)15-13-4-6-19-16(13)22-17(25)21-15;18-5-3-14(10-1-2-11(24)7-10)23-17(25)13(8-22-23)15-12-4-6-19-16(12)21-9-20-15/h2,4,7-10,13-15,24-25H,1,5-6H2,(H,19,20,21);4,6,8-10,12,14,24H,1-3,7H2,(H2,19,21,22,25);4,6,8-11,14,22,24H,1-3,7H2,(H,19,20,21). The van der Waals surface area contributed by atoms with Crippen molar-refractivity contribution in [3.05, 3.63) is 101 Å². The average molecular weight is 1020 g/mol. The number of hydrogen-bond donors (Lipinski definition) is 9. The Morgan fingerprint density at radius 2 is 1.13 bits per heavy atom. The second-order valence-electron chi connectivity index (χ2n) is 19.5. The van der Waals surface area contributed by atoms with Crippen LogP contribution in [0.5, 0.6) is 0 Å². The number of nitriles is 3. The third kappa shape index (κ3) is 10.3. The van der Waals surface area contributed by atoms with Gasteiger partial charge in [-0.1, -0.05) is 0 Å². The lowest BCUT2D eigenvalue weighted by Gasteiger charge is -2.21. The molecule has 3 aliphatic rings. The summed E-state index contributed by atoms with van der Waals surface area (Å²) in [5.41, 5.74) is 5.39. The Labute approximate surface area is 426 Å². The van der Waals surface area contributed by atoms with Crippen molar-refractivity contribution in [2.45, 2.75) is 113 Å². The first-order valence-electron chi connectivity index (χ1n) is 24.9. The van der Waals surface area contributed by atoms with E-state index in [-0.39, 0.29) is 66.5 Å². The van der Waals surface area contributed by atoms with Crippen molar-refractivity contribution in [2.24, 2.45) is 17.8 Å². The normalized spacial score (nSPS) is 22.4. The molecular formula is C51H54N18O6. The Morgan fingerprint density at radius 1 is 0.613 bits per heavy atom. The number of aromatic nitrogens is 15. The highest BCUT2D eigenvalue weighted by atomic mass is 16.3. The number of nitrogens with one attached hydrogen (secondary N) is 5. The van der Waals surface area contributed by atoms with Crippen molar-refractivity contribution in [3.63, 3.8) is 0 Å². The van der Waals surface area contributed by atoms with Crippen LogP contribution in [0.2, 0.25) is 0 Å². The molecule has 9 aromatic rings. The number of fused-ring (bicyclic) bond motifs is 3. The second-order valence-corrected chi connectivity index (χ2v) is 19.5. The van der Waals surface area contributed by atoms with Crippen molar-refractivity contribution in [1.82, 2.24) is 74.2 Å². The quantitative estimate of drug-likeness (QED) is 0.0788. The lowest BCUT2D eigenvalue weighted by molar-refractivity contribution is 0.0438. The Hall–Kier alpha value is -8.60. The lowest BCUT2D eigenvalue weighted by Crippen LogP contribution is -2.28.